The van der Waals surface area contributed by atoms with Crippen molar-refractivity contribution in [3.8, 4) is 0 Å². The minimum absolute atomic E-state index is 0.220. The average molecular weight is 272 g/mol. The van der Waals surface area contributed by atoms with Crippen molar-refractivity contribution in [3.63, 3.8) is 0 Å². The van der Waals surface area contributed by atoms with E-state index in [2.05, 4.69) is 10.4 Å². The van der Waals surface area contributed by atoms with E-state index in [1.54, 1.807) is 6.20 Å². The first kappa shape index (κ1) is 13.4. The Kier molecular flexibility index (Phi) is 4.60. The molecule has 100 valence electrons. The summed E-state index contributed by atoms with van der Waals surface area (Å²) in [5.74, 6) is 0.485. The zero-order valence-electron chi connectivity index (χ0n) is 10.5. The summed E-state index contributed by atoms with van der Waals surface area (Å²) in [6, 6.07) is 0. The third kappa shape index (κ3) is 3.03. The Morgan fingerprint density at radius 3 is 3.17 bits per heavy atom. The van der Waals surface area contributed by atoms with Gasteiger partial charge in [-0.15, -0.1) is 0 Å². The minimum Gasteiger partial charge on any atom is -0.382 e. The summed E-state index contributed by atoms with van der Waals surface area (Å²) >= 11 is 6.05. The van der Waals surface area contributed by atoms with Gasteiger partial charge < -0.3 is 10.1 Å². The Balaban J connectivity index is 2.04. The van der Waals surface area contributed by atoms with E-state index in [-0.39, 0.29) is 10.6 Å². The van der Waals surface area contributed by atoms with Crippen LogP contribution in [0.15, 0.2) is 11.0 Å². The van der Waals surface area contributed by atoms with Crippen LogP contribution in [-0.2, 0) is 11.3 Å². The third-order valence-corrected chi connectivity index (χ3v) is 3.39. The molecule has 1 aliphatic heterocycles. The summed E-state index contributed by atoms with van der Waals surface area (Å²) in [5.41, 5.74) is 0.382. The van der Waals surface area contributed by atoms with Crippen LogP contribution in [0.4, 0.5) is 5.69 Å². The smallest absolute Gasteiger partial charge is 0.287 e. The van der Waals surface area contributed by atoms with Crippen LogP contribution in [0, 0.1) is 5.92 Å². The summed E-state index contributed by atoms with van der Waals surface area (Å²) in [5, 5.41) is 7.50. The molecule has 0 aromatic carbocycles. The van der Waals surface area contributed by atoms with Crippen molar-refractivity contribution in [2.24, 2.45) is 5.92 Å². The van der Waals surface area contributed by atoms with Gasteiger partial charge in [0.2, 0.25) is 0 Å². The van der Waals surface area contributed by atoms with Gasteiger partial charge in [-0.25, -0.2) is 4.68 Å². The maximum Gasteiger partial charge on any atom is 0.287 e. The standard InChI is InChI=1S/C12H18ClN3O2/c1-2-4-16-12(17)11(13)10(7-15-16)14-6-9-3-5-18-8-9/h7,9,14H,2-6,8H2,1H3. The molecule has 2 heterocycles. The number of aromatic nitrogens is 2. The lowest BCUT2D eigenvalue weighted by molar-refractivity contribution is 0.187. The summed E-state index contributed by atoms with van der Waals surface area (Å²) in [4.78, 5) is 11.9. The molecule has 0 bridgehead atoms. The fourth-order valence-electron chi connectivity index (χ4n) is 1.96. The van der Waals surface area contributed by atoms with E-state index in [0.29, 0.717) is 18.2 Å². The molecule has 1 atom stereocenters. The van der Waals surface area contributed by atoms with Crippen molar-refractivity contribution in [1.82, 2.24) is 9.78 Å². The van der Waals surface area contributed by atoms with Gasteiger partial charge in [-0.3, -0.25) is 4.79 Å². The largest absolute Gasteiger partial charge is 0.382 e. The van der Waals surface area contributed by atoms with Gasteiger partial charge in [-0.1, -0.05) is 18.5 Å². The molecule has 2 rings (SSSR count). The van der Waals surface area contributed by atoms with Gasteiger partial charge in [0.05, 0.1) is 18.5 Å². The molecule has 18 heavy (non-hydrogen) atoms. The number of ether oxygens (including phenoxy) is 1. The highest BCUT2D eigenvalue weighted by atomic mass is 35.5. The first-order valence-corrected chi connectivity index (χ1v) is 6.67. The van der Waals surface area contributed by atoms with Gasteiger partial charge >= 0.3 is 0 Å². The second-order valence-electron chi connectivity index (χ2n) is 4.51. The van der Waals surface area contributed by atoms with Crippen LogP contribution in [0.1, 0.15) is 19.8 Å². The highest BCUT2D eigenvalue weighted by molar-refractivity contribution is 6.32. The Morgan fingerprint density at radius 1 is 1.67 bits per heavy atom. The number of nitrogens with zero attached hydrogens (tertiary/aromatic N) is 2. The highest BCUT2D eigenvalue weighted by Crippen LogP contribution is 2.18. The Morgan fingerprint density at radius 2 is 2.50 bits per heavy atom. The summed E-state index contributed by atoms with van der Waals surface area (Å²) < 4.78 is 6.69. The van der Waals surface area contributed by atoms with E-state index in [9.17, 15) is 4.79 Å². The fraction of sp³-hybridized carbons (Fsp3) is 0.667. The molecule has 0 aliphatic carbocycles. The van der Waals surface area contributed by atoms with E-state index in [4.69, 9.17) is 16.3 Å². The predicted molar refractivity (Wildman–Crippen MR) is 71.2 cm³/mol. The van der Waals surface area contributed by atoms with Gasteiger partial charge in [0.15, 0.2) is 0 Å². The molecule has 1 unspecified atom stereocenters. The van der Waals surface area contributed by atoms with Crippen molar-refractivity contribution in [1.29, 1.82) is 0 Å². The van der Waals surface area contributed by atoms with Gasteiger partial charge in [-0.05, 0) is 12.8 Å². The maximum atomic E-state index is 11.9. The zero-order valence-corrected chi connectivity index (χ0v) is 11.2. The maximum absolute atomic E-state index is 11.9. The molecular weight excluding hydrogens is 254 g/mol. The molecule has 1 aromatic rings. The zero-order chi connectivity index (χ0) is 13.0. The van der Waals surface area contributed by atoms with E-state index >= 15 is 0 Å². The third-order valence-electron chi connectivity index (χ3n) is 3.03. The first-order chi connectivity index (χ1) is 8.72. The average Bonchev–Trinajstić information content (AvgIpc) is 2.87. The van der Waals surface area contributed by atoms with E-state index in [0.717, 1.165) is 32.6 Å². The quantitative estimate of drug-likeness (QED) is 0.887. The molecule has 1 aliphatic rings. The number of hydrogen-bond acceptors (Lipinski definition) is 4. The van der Waals surface area contributed by atoms with Crippen molar-refractivity contribution in [3.05, 3.63) is 21.6 Å². The van der Waals surface area contributed by atoms with Gasteiger partial charge in [0.25, 0.3) is 5.56 Å². The normalized spacial score (nSPS) is 19.1. The lowest BCUT2D eigenvalue weighted by Gasteiger charge is -2.12. The van der Waals surface area contributed by atoms with Crippen LogP contribution in [-0.4, -0.2) is 29.5 Å². The SMILES string of the molecule is CCCn1ncc(NCC2CCOC2)c(Cl)c1=O. The minimum atomic E-state index is -0.230. The number of rotatable bonds is 5. The van der Waals surface area contributed by atoms with Crippen molar-refractivity contribution >= 4 is 17.3 Å². The van der Waals surface area contributed by atoms with Crippen LogP contribution in [0.25, 0.3) is 0 Å². The number of anilines is 1. The lowest BCUT2D eigenvalue weighted by atomic mass is 10.1. The van der Waals surface area contributed by atoms with Crippen LogP contribution >= 0.6 is 11.6 Å². The predicted octanol–water partition coefficient (Wildman–Crippen LogP) is 1.76. The molecule has 1 saturated heterocycles. The molecular formula is C12H18ClN3O2. The van der Waals surface area contributed by atoms with Crippen LogP contribution in [0.5, 0.6) is 0 Å². The monoisotopic (exact) mass is 271 g/mol. The number of nitrogens with one attached hydrogen (secondary N) is 1. The number of aryl methyl sites for hydroxylation is 1. The second kappa shape index (κ2) is 6.20. The topological polar surface area (TPSA) is 56.1 Å². The van der Waals surface area contributed by atoms with Gasteiger partial charge in [0.1, 0.15) is 5.02 Å². The van der Waals surface area contributed by atoms with Crippen LogP contribution in [0.3, 0.4) is 0 Å². The molecule has 1 fully saturated rings. The Hall–Kier alpha value is -1.07. The van der Waals surface area contributed by atoms with Crippen LogP contribution in [0.2, 0.25) is 5.02 Å². The molecule has 0 radical (unpaired) electrons. The molecule has 5 nitrogen and oxygen atoms in total. The number of halogens is 1. The van der Waals surface area contributed by atoms with Gasteiger partial charge in [-0.2, -0.15) is 5.10 Å². The second-order valence-corrected chi connectivity index (χ2v) is 4.89. The van der Waals surface area contributed by atoms with Gasteiger partial charge in [0, 0.05) is 25.6 Å². The lowest BCUT2D eigenvalue weighted by Crippen LogP contribution is -2.25. The van der Waals surface area contributed by atoms with E-state index < -0.39 is 0 Å². The Bertz CT molecular complexity index is 455. The van der Waals surface area contributed by atoms with Crippen molar-refractivity contribution < 1.29 is 4.74 Å². The molecule has 1 N–H and O–H groups in total. The molecule has 1 aromatic heterocycles. The summed E-state index contributed by atoms with van der Waals surface area (Å²) in [6.45, 7) is 4.93. The Labute approximate surface area is 111 Å². The van der Waals surface area contributed by atoms with Crippen LogP contribution < -0.4 is 10.9 Å². The molecule has 0 saturated carbocycles. The van der Waals surface area contributed by atoms with Crippen molar-refractivity contribution in [2.75, 3.05) is 25.1 Å². The summed E-state index contributed by atoms with van der Waals surface area (Å²) in [7, 11) is 0. The first-order valence-electron chi connectivity index (χ1n) is 6.29. The molecule has 6 heteroatoms. The molecule has 0 spiro atoms. The van der Waals surface area contributed by atoms with E-state index in [1.807, 2.05) is 6.92 Å². The summed E-state index contributed by atoms with van der Waals surface area (Å²) in [6.07, 6.45) is 3.52. The number of hydrogen-bond donors (Lipinski definition) is 1. The van der Waals surface area contributed by atoms with Crippen molar-refractivity contribution in [2.45, 2.75) is 26.3 Å². The molecule has 0 amide bonds. The highest BCUT2D eigenvalue weighted by Gasteiger charge is 2.16. The van der Waals surface area contributed by atoms with E-state index in [1.165, 1.54) is 4.68 Å². The fourth-order valence-corrected chi connectivity index (χ4v) is 2.17.